The number of pyridine rings is 1. The van der Waals surface area contributed by atoms with Gasteiger partial charge in [0.1, 0.15) is 12.5 Å². The normalized spacial score (nSPS) is 11.9. The van der Waals surface area contributed by atoms with Gasteiger partial charge in [0.05, 0.1) is 6.04 Å². The summed E-state index contributed by atoms with van der Waals surface area (Å²) < 4.78 is 10.5. The fraction of sp³-hybridized carbons (Fsp3) is 0.458. The van der Waals surface area contributed by atoms with Crippen LogP contribution < -0.4 is 9.47 Å². The van der Waals surface area contributed by atoms with Crippen LogP contribution in [0.3, 0.4) is 0 Å². The van der Waals surface area contributed by atoms with Crippen molar-refractivity contribution in [3.05, 3.63) is 53.9 Å². The summed E-state index contributed by atoms with van der Waals surface area (Å²) in [7, 11) is 1.59. The molecule has 1 aromatic heterocycles. The third-order valence-corrected chi connectivity index (χ3v) is 4.78. The summed E-state index contributed by atoms with van der Waals surface area (Å²) in [4.78, 5) is 30.4. The predicted octanol–water partition coefficient (Wildman–Crippen LogP) is 3.67. The maximum absolute atomic E-state index is 12.6. The van der Waals surface area contributed by atoms with Gasteiger partial charge in [-0.1, -0.05) is 45.6 Å². The molecule has 1 unspecified atom stereocenters. The molecule has 32 heavy (non-hydrogen) atoms. The van der Waals surface area contributed by atoms with Crippen molar-refractivity contribution in [3.63, 3.8) is 0 Å². The molecule has 1 atom stereocenters. The molecule has 0 saturated carbocycles. The van der Waals surface area contributed by atoms with Gasteiger partial charge in [-0.3, -0.25) is 14.6 Å². The van der Waals surface area contributed by atoms with E-state index < -0.39 is 12.8 Å². The van der Waals surface area contributed by atoms with Crippen LogP contribution in [0.4, 0.5) is 0 Å². The summed E-state index contributed by atoms with van der Waals surface area (Å²) in [5.41, 5.74) is 0.780. The minimum atomic E-state index is -0.750. The predicted molar refractivity (Wildman–Crippen MR) is 122 cm³/mol. The molecule has 8 heteroatoms. The number of nitrogens with zero attached hydrogens (tertiary/aromatic N) is 2. The number of carbonyl (C=O) groups excluding carboxylic acids is 2. The van der Waals surface area contributed by atoms with E-state index in [1.807, 2.05) is 0 Å². The van der Waals surface area contributed by atoms with Crippen LogP contribution in [0.1, 0.15) is 67.3 Å². The van der Waals surface area contributed by atoms with Crippen molar-refractivity contribution < 1.29 is 29.3 Å². The third kappa shape index (κ3) is 8.28. The number of hydrogen-bond donors (Lipinski definition) is 2. The number of rotatable bonds is 7. The fourth-order valence-electron chi connectivity index (χ4n) is 2.81. The molecule has 1 aliphatic rings. The lowest BCUT2D eigenvalue weighted by Gasteiger charge is -2.23. The number of benzene rings is 1. The molecule has 8 nitrogen and oxygen atoms in total. The molecule has 0 saturated heterocycles. The van der Waals surface area contributed by atoms with E-state index in [9.17, 15) is 9.59 Å². The Morgan fingerprint density at radius 1 is 1.06 bits per heavy atom. The van der Waals surface area contributed by atoms with Crippen LogP contribution in [0.2, 0.25) is 0 Å². The highest BCUT2D eigenvalue weighted by atomic mass is 16.7. The van der Waals surface area contributed by atoms with E-state index in [0.29, 0.717) is 22.8 Å². The Labute approximate surface area is 189 Å². The summed E-state index contributed by atoms with van der Waals surface area (Å²) in [6.07, 6.45) is 7.08. The topological polar surface area (TPSA) is 109 Å². The van der Waals surface area contributed by atoms with Gasteiger partial charge in [-0.2, -0.15) is 0 Å². The SMILES string of the molecule is CC(C(=O)c1ccc2c(c1)OCO2)N(C)C(=O)c1ccccn1.CCCCCC.OCO. The van der Waals surface area contributed by atoms with Gasteiger partial charge in [-0.25, -0.2) is 0 Å². The maximum Gasteiger partial charge on any atom is 0.272 e. The van der Waals surface area contributed by atoms with E-state index in [1.54, 1.807) is 56.6 Å². The van der Waals surface area contributed by atoms with Gasteiger partial charge >= 0.3 is 0 Å². The molecule has 1 aromatic carbocycles. The molecule has 0 bridgehead atoms. The van der Waals surface area contributed by atoms with Crippen LogP contribution in [0, 0.1) is 0 Å². The standard InChI is InChI=1S/C17H16N2O4.C6H14.CH4O2/c1-11(19(2)17(21)13-5-3-4-8-18-13)16(20)12-6-7-14-15(9-12)23-10-22-14;1-3-5-6-4-2;2-1-3/h3-9,11H,10H2,1-2H3;3-6H2,1-2H3;2-3H,1H2. The van der Waals surface area contributed by atoms with Crippen molar-refractivity contribution in [2.45, 2.75) is 52.5 Å². The Hall–Kier alpha value is -2.97. The highest BCUT2D eigenvalue weighted by Gasteiger charge is 2.26. The molecule has 3 rings (SSSR count). The van der Waals surface area contributed by atoms with Gasteiger partial charge in [0.25, 0.3) is 5.91 Å². The highest BCUT2D eigenvalue weighted by Crippen LogP contribution is 2.33. The number of aliphatic hydroxyl groups is 2. The average molecular weight is 447 g/mol. The monoisotopic (exact) mass is 446 g/mol. The summed E-state index contributed by atoms with van der Waals surface area (Å²) in [6, 6.07) is 9.48. The number of ether oxygens (including phenoxy) is 2. The van der Waals surface area contributed by atoms with Crippen molar-refractivity contribution in [3.8, 4) is 11.5 Å². The van der Waals surface area contributed by atoms with Gasteiger partial charge < -0.3 is 24.6 Å². The molecule has 1 amide bonds. The van der Waals surface area contributed by atoms with Crippen LogP contribution in [0.25, 0.3) is 0 Å². The van der Waals surface area contributed by atoms with Crippen LogP contribution >= 0.6 is 0 Å². The fourth-order valence-corrected chi connectivity index (χ4v) is 2.81. The van der Waals surface area contributed by atoms with E-state index >= 15 is 0 Å². The van der Waals surface area contributed by atoms with Crippen LogP contribution in [0.15, 0.2) is 42.6 Å². The second-order valence-electron chi connectivity index (χ2n) is 7.09. The number of ketones is 1. The molecule has 1 aliphatic heterocycles. The maximum atomic E-state index is 12.6. The van der Waals surface area contributed by atoms with Crippen molar-refractivity contribution in [2.24, 2.45) is 0 Å². The largest absolute Gasteiger partial charge is 0.454 e. The molecular weight excluding hydrogens is 412 g/mol. The minimum Gasteiger partial charge on any atom is -0.454 e. The minimum absolute atomic E-state index is 0.153. The number of Topliss-reactive ketones (excluding diaryl/α,β-unsaturated/α-hetero) is 1. The van der Waals surface area contributed by atoms with E-state index in [4.69, 9.17) is 19.7 Å². The van der Waals surface area contributed by atoms with Crippen LogP contribution in [-0.4, -0.2) is 58.5 Å². The number of amides is 1. The second-order valence-corrected chi connectivity index (χ2v) is 7.09. The third-order valence-electron chi connectivity index (χ3n) is 4.78. The van der Waals surface area contributed by atoms with Crippen molar-refractivity contribution in [2.75, 3.05) is 20.6 Å². The first-order chi connectivity index (χ1) is 15.4. The number of aromatic nitrogens is 1. The van der Waals surface area contributed by atoms with Crippen molar-refractivity contribution in [1.29, 1.82) is 0 Å². The number of carbonyl (C=O) groups is 2. The Morgan fingerprint density at radius 2 is 1.69 bits per heavy atom. The van der Waals surface area contributed by atoms with Gasteiger partial charge in [0, 0.05) is 18.8 Å². The van der Waals surface area contributed by atoms with Crippen molar-refractivity contribution in [1.82, 2.24) is 9.88 Å². The van der Waals surface area contributed by atoms with Crippen LogP contribution in [0.5, 0.6) is 11.5 Å². The van der Waals surface area contributed by atoms with Gasteiger partial charge in [0.2, 0.25) is 6.79 Å². The van der Waals surface area contributed by atoms with E-state index in [0.717, 1.165) is 0 Å². The summed E-state index contributed by atoms with van der Waals surface area (Å²) in [5, 5.41) is 14.2. The summed E-state index contributed by atoms with van der Waals surface area (Å²) in [6.45, 7) is 5.56. The zero-order valence-corrected chi connectivity index (χ0v) is 19.3. The quantitative estimate of drug-likeness (QED) is 0.379. The zero-order chi connectivity index (χ0) is 23.9. The first-order valence-corrected chi connectivity index (χ1v) is 10.7. The van der Waals surface area contributed by atoms with E-state index in [2.05, 4.69) is 18.8 Å². The molecule has 0 fully saturated rings. The number of aliphatic hydroxyl groups excluding tert-OH is 1. The number of likely N-dealkylation sites (N-methyl/N-ethyl adjacent to an activating group) is 1. The molecule has 2 aromatic rings. The van der Waals surface area contributed by atoms with Crippen molar-refractivity contribution >= 4 is 11.7 Å². The highest BCUT2D eigenvalue weighted by molar-refractivity contribution is 6.03. The van der Waals surface area contributed by atoms with Crippen LogP contribution in [-0.2, 0) is 0 Å². The van der Waals surface area contributed by atoms with E-state index in [1.165, 1.54) is 30.6 Å². The second kappa shape index (κ2) is 14.9. The number of fused-ring (bicyclic) bond motifs is 1. The molecular formula is C24H34N2O6. The molecule has 0 radical (unpaired) electrons. The average Bonchev–Trinajstić information content (AvgIpc) is 3.30. The summed E-state index contributed by atoms with van der Waals surface area (Å²) >= 11 is 0. The molecule has 0 spiro atoms. The lowest BCUT2D eigenvalue weighted by atomic mass is 10.0. The number of unbranched alkanes of at least 4 members (excludes halogenated alkanes) is 3. The van der Waals surface area contributed by atoms with Gasteiger partial charge in [-0.15, -0.1) is 0 Å². The summed E-state index contributed by atoms with van der Waals surface area (Å²) in [5.74, 6) is 0.691. The van der Waals surface area contributed by atoms with Gasteiger partial charge in [0.15, 0.2) is 17.3 Å². The molecule has 2 N–H and O–H groups in total. The lowest BCUT2D eigenvalue weighted by molar-refractivity contribution is 0.0670. The molecule has 2 heterocycles. The molecule has 176 valence electrons. The first-order valence-electron chi connectivity index (χ1n) is 10.7. The van der Waals surface area contributed by atoms with E-state index in [-0.39, 0.29) is 18.5 Å². The first kappa shape index (κ1) is 27.1. The Morgan fingerprint density at radius 3 is 2.25 bits per heavy atom. The lowest BCUT2D eigenvalue weighted by Crippen LogP contribution is -2.40. The molecule has 0 aliphatic carbocycles. The zero-order valence-electron chi connectivity index (χ0n) is 19.3. The van der Waals surface area contributed by atoms with Gasteiger partial charge in [-0.05, 0) is 37.3 Å². The Balaban J connectivity index is 0.000000486. The Kier molecular flexibility index (Phi) is 12.6. The Bertz CT molecular complexity index is 824. The number of hydrogen-bond acceptors (Lipinski definition) is 7. The smallest absolute Gasteiger partial charge is 0.272 e.